The standard InChI is InChI=1S/C19H25N3O5/c1-25-15-5-4-14(12-16(15)26-2)19-17(13-23)27-11-10-22(19)18(24)6-9-21-8-3-7-20-21/h3-5,7-8,12,17,19,23H,6,9-11,13H2,1-2H3/t17-,19-/m1/s1. The van der Waals surface area contributed by atoms with Gasteiger partial charge < -0.3 is 24.2 Å². The van der Waals surface area contributed by atoms with Crippen LogP contribution < -0.4 is 9.47 Å². The van der Waals surface area contributed by atoms with E-state index in [9.17, 15) is 9.90 Å². The number of hydrogen-bond donors (Lipinski definition) is 1. The molecular formula is C19H25N3O5. The van der Waals surface area contributed by atoms with E-state index >= 15 is 0 Å². The van der Waals surface area contributed by atoms with E-state index in [4.69, 9.17) is 14.2 Å². The van der Waals surface area contributed by atoms with Gasteiger partial charge in [0, 0.05) is 31.9 Å². The Morgan fingerprint density at radius 2 is 2.15 bits per heavy atom. The highest BCUT2D eigenvalue weighted by molar-refractivity contribution is 5.77. The predicted molar refractivity (Wildman–Crippen MR) is 97.7 cm³/mol. The SMILES string of the molecule is COc1ccc([C@@H]2[C@@H](CO)OCCN2C(=O)CCn2cccn2)cc1OC. The maximum absolute atomic E-state index is 12.9. The Balaban J connectivity index is 1.84. The van der Waals surface area contributed by atoms with Crippen LogP contribution in [0, 0.1) is 0 Å². The molecule has 8 nitrogen and oxygen atoms in total. The minimum atomic E-state index is -0.495. The van der Waals surface area contributed by atoms with Crippen LogP contribution in [0.1, 0.15) is 18.0 Å². The van der Waals surface area contributed by atoms with Gasteiger partial charge in [-0.1, -0.05) is 6.07 Å². The zero-order valence-electron chi connectivity index (χ0n) is 15.6. The van der Waals surface area contributed by atoms with Crippen molar-refractivity contribution in [2.75, 3.05) is 34.0 Å². The molecular weight excluding hydrogens is 350 g/mol. The Labute approximate surface area is 158 Å². The first-order chi connectivity index (χ1) is 13.2. The summed E-state index contributed by atoms with van der Waals surface area (Å²) in [5, 5.41) is 13.9. The Morgan fingerprint density at radius 1 is 1.33 bits per heavy atom. The molecule has 0 bridgehead atoms. The second kappa shape index (κ2) is 8.88. The molecule has 27 heavy (non-hydrogen) atoms. The number of aryl methyl sites for hydroxylation is 1. The zero-order valence-corrected chi connectivity index (χ0v) is 15.6. The van der Waals surface area contributed by atoms with Crippen LogP contribution in [0.4, 0.5) is 0 Å². The molecule has 1 fully saturated rings. The average Bonchev–Trinajstić information content (AvgIpc) is 3.24. The number of carbonyl (C=O) groups is 1. The van der Waals surface area contributed by atoms with Crippen molar-refractivity contribution in [1.29, 1.82) is 0 Å². The molecule has 1 aliphatic rings. The summed E-state index contributed by atoms with van der Waals surface area (Å²) in [5.74, 6) is 1.17. The lowest BCUT2D eigenvalue weighted by Gasteiger charge is -2.41. The van der Waals surface area contributed by atoms with Gasteiger partial charge in [-0.2, -0.15) is 5.10 Å². The van der Waals surface area contributed by atoms with Crippen molar-refractivity contribution in [3.63, 3.8) is 0 Å². The maximum atomic E-state index is 12.9. The lowest BCUT2D eigenvalue weighted by atomic mass is 9.97. The number of methoxy groups -OCH3 is 2. The van der Waals surface area contributed by atoms with E-state index in [1.165, 1.54) is 0 Å². The van der Waals surface area contributed by atoms with Crippen molar-refractivity contribution >= 4 is 5.91 Å². The first-order valence-electron chi connectivity index (χ1n) is 8.89. The second-order valence-corrected chi connectivity index (χ2v) is 6.26. The summed E-state index contributed by atoms with van der Waals surface area (Å²) in [4.78, 5) is 14.7. The molecule has 0 radical (unpaired) electrons. The second-order valence-electron chi connectivity index (χ2n) is 6.26. The number of aliphatic hydroxyl groups excluding tert-OH is 1. The largest absolute Gasteiger partial charge is 0.493 e. The maximum Gasteiger partial charge on any atom is 0.225 e. The number of amides is 1. The van der Waals surface area contributed by atoms with Crippen LogP contribution in [0.2, 0.25) is 0 Å². The monoisotopic (exact) mass is 375 g/mol. The fourth-order valence-corrected chi connectivity index (χ4v) is 3.38. The molecule has 0 spiro atoms. The van der Waals surface area contributed by atoms with Gasteiger partial charge in [-0.3, -0.25) is 9.48 Å². The Bertz CT molecular complexity index is 750. The van der Waals surface area contributed by atoms with Crippen molar-refractivity contribution < 1.29 is 24.1 Å². The van der Waals surface area contributed by atoms with Gasteiger partial charge >= 0.3 is 0 Å². The zero-order chi connectivity index (χ0) is 19.2. The third-order valence-corrected chi connectivity index (χ3v) is 4.72. The minimum Gasteiger partial charge on any atom is -0.493 e. The highest BCUT2D eigenvalue weighted by Gasteiger charge is 2.36. The van der Waals surface area contributed by atoms with Crippen molar-refractivity contribution in [2.45, 2.75) is 25.1 Å². The first kappa shape index (κ1) is 19.2. The lowest BCUT2D eigenvalue weighted by Crippen LogP contribution is -2.49. The quantitative estimate of drug-likeness (QED) is 0.784. The molecule has 1 saturated heterocycles. The minimum absolute atomic E-state index is 0.00738. The summed E-state index contributed by atoms with van der Waals surface area (Å²) in [5.41, 5.74) is 0.832. The number of nitrogens with zero attached hydrogens (tertiary/aromatic N) is 3. The van der Waals surface area contributed by atoms with E-state index in [0.29, 0.717) is 37.6 Å². The average molecular weight is 375 g/mol. The van der Waals surface area contributed by atoms with E-state index < -0.39 is 12.1 Å². The molecule has 1 aromatic heterocycles. The van der Waals surface area contributed by atoms with E-state index in [2.05, 4.69) is 5.10 Å². The number of rotatable bonds is 7. The van der Waals surface area contributed by atoms with E-state index in [-0.39, 0.29) is 12.5 Å². The van der Waals surface area contributed by atoms with Gasteiger partial charge in [-0.05, 0) is 23.8 Å². The number of carbonyl (C=O) groups excluding carboxylic acids is 1. The molecule has 2 heterocycles. The number of hydrogen-bond acceptors (Lipinski definition) is 6. The van der Waals surface area contributed by atoms with Gasteiger partial charge in [0.1, 0.15) is 6.10 Å². The van der Waals surface area contributed by atoms with Gasteiger partial charge in [-0.15, -0.1) is 0 Å². The number of aliphatic hydroxyl groups is 1. The van der Waals surface area contributed by atoms with Crippen LogP contribution in [0.5, 0.6) is 11.5 Å². The van der Waals surface area contributed by atoms with Gasteiger partial charge in [0.05, 0.1) is 33.5 Å². The molecule has 146 valence electrons. The Kier molecular flexibility index (Phi) is 6.31. The number of ether oxygens (including phenoxy) is 3. The van der Waals surface area contributed by atoms with Crippen LogP contribution in [-0.4, -0.2) is 65.8 Å². The smallest absolute Gasteiger partial charge is 0.225 e. The molecule has 0 saturated carbocycles. The fourth-order valence-electron chi connectivity index (χ4n) is 3.38. The van der Waals surface area contributed by atoms with E-state index in [0.717, 1.165) is 5.56 Å². The van der Waals surface area contributed by atoms with Crippen molar-refractivity contribution in [1.82, 2.24) is 14.7 Å². The van der Waals surface area contributed by atoms with Gasteiger partial charge in [0.2, 0.25) is 5.91 Å². The molecule has 2 atom stereocenters. The number of aromatic nitrogens is 2. The lowest BCUT2D eigenvalue weighted by molar-refractivity contribution is -0.150. The molecule has 1 aliphatic heterocycles. The molecule has 0 unspecified atom stereocenters. The molecule has 2 aromatic rings. The molecule has 1 N–H and O–H groups in total. The van der Waals surface area contributed by atoms with Crippen LogP contribution in [-0.2, 0) is 16.1 Å². The highest BCUT2D eigenvalue weighted by Crippen LogP contribution is 2.35. The highest BCUT2D eigenvalue weighted by atomic mass is 16.5. The summed E-state index contributed by atoms with van der Waals surface area (Å²) in [7, 11) is 3.14. The van der Waals surface area contributed by atoms with Gasteiger partial charge in [0.25, 0.3) is 0 Å². The van der Waals surface area contributed by atoms with Crippen molar-refractivity contribution in [3.8, 4) is 11.5 Å². The molecule has 3 rings (SSSR count). The molecule has 0 aliphatic carbocycles. The van der Waals surface area contributed by atoms with Crippen LogP contribution in [0.15, 0.2) is 36.7 Å². The summed E-state index contributed by atoms with van der Waals surface area (Å²) in [6.07, 6.45) is 3.34. The van der Waals surface area contributed by atoms with Crippen molar-refractivity contribution in [2.24, 2.45) is 0 Å². The third-order valence-electron chi connectivity index (χ3n) is 4.72. The van der Waals surface area contributed by atoms with Gasteiger partial charge in [-0.25, -0.2) is 0 Å². The van der Waals surface area contributed by atoms with E-state index in [1.807, 2.05) is 24.4 Å². The number of benzene rings is 1. The van der Waals surface area contributed by atoms with Crippen LogP contribution >= 0.6 is 0 Å². The normalized spacial score (nSPS) is 19.7. The molecule has 1 amide bonds. The summed E-state index contributed by atoms with van der Waals surface area (Å²) < 4.78 is 18.1. The van der Waals surface area contributed by atoms with Crippen LogP contribution in [0.3, 0.4) is 0 Å². The topological polar surface area (TPSA) is 86.0 Å². The molecule has 1 aromatic carbocycles. The number of morpholine rings is 1. The summed E-state index contributed by atoms with van der Waals surface area (Å²) in [6.45, 7) is 1.18. The van der Waals surface area contributed by atoms with Gasteiger partial charge in [0.15, 0.2) is 11.5 Å². The first-order valence-corrected chi connectivity index (χ1v) is 8.89. The molecule has 8 heteroatoms. The Hall–Kier alpha value is -2.58. The predicted octanol–water partition coefficient (Wildman–Crippen LogP) is 1.25. The van der Waals surface area contributed by atoms with Crippen molar-refractivity contribution in [3.05, 3.63) is 42.2 Å². The van der Waals surface area contributed by atoms with E-state index in [1.54, 1.807) is 36.1 Å². The fraction of sp³-hybridized carbons (Fsp3) is 0.474. The van der Waals surface area contributed by atoms with Crippen LogP contribution in [0.25, 0.3) is 0 Å². The summed E-state index contributed by atoms with van der Waals surface area (Å²) in [6, 6.07) is 6.93. The Morgan fingerprint density at radius 3 is 2.81 bits per heavy atom. The summed E-state index contributed by atoms with van der Waals surface area (Å²) >= 11 is 0. The third kappa shape index (κ3) is 4.23.